The number of carbonyl (C=O) groups excluding carboxylic acids is 4. The van der Waals surface area contributed by atoms with E-state index in [-0.39, 0.29) is 32.0 Å². The van der Waals surface area contributed by atoms with E-state index in [0.717, 1.165) is 11.1 Å². The van der Waals surface area contributed by atoms with Gasteiger partial charge in [-0.2, -0.15) is 0 Å². The first-order chi connectivity index (χ1) is 19.5. The first-order valence-electron chi connectivity index (χ1n) is 13.4. The molecule has 0 saturated carbocycles. The Morgan fingerprint density at radius 3 is 2.27 bits per heavy atom. The van der Waals surface area contributed by atoms with Crippen LogP contribution >= 0.6 is 0 Å². The molecule has 1 aliphatic rings. The van der Waals surface area contributed by atoms with Crippen molar-refractivity contribution in [2.75, 3.05) is 19.8 Å². The molecule has 8 nitrogen and oxygen atoms in total. The molecule has 0 aliphatic carbocycles. The summed E-state index contributed by atoms with van der Waals surface area (Å²) >= 11 is 0. The Morgan fingerprint density at radius 1 is 0.900 bits per heavy atom. The van der Waals surface area contributed by atoms with Gasteiger partial charge in [-0.1, -0.05) is 72.8 Å². The van der Waals surface area contributed by atoms with Crippen molar-refractivity contribution in [2.45, 2.75) is 32.4 Å². The third-order valence-electron chi connectivity index (χ3n) is 6.95. The highest BCUT2D eigenvalue weighted by Crippen LogP contribution is 2.36. The molecule has 1 aliphatic heterocycles. The molecular formula is C32H33NO7. The Kier molecular flexibility index (Phi) is 10.0. The average Bonchev–Trinajstić information content (AvgIpc) is 3.36. The largest absolute Gasteiger partial charge is 0.493 e. The van der Waals surface area contributed by atoms with E-state index >= 15 is 0 Å². The van der Waals surface area contributed by atoms with Crippen molar-refractivity contribution < 1.29 is 33.4 Å². The lowest BCUT2D eigenvalue weighted by Crippen LogP contribution is -2.44. The highest BCUT2D eigenvalue weighted by molar-refractivity contribution is 6.00. The number of carbonyl (C=O) groups is 4. The molecule has 0 unspecified atom stereocenters. The van der Waals surface area contributed by atoms with E-state index in [2.05, 4.69) is 0 Å². The Labute approximate surface area is 233 Å². The minimum Gasteiger partial charge on any atom is -0.493 e. The highest BCUT2D eigenvalue weighted by Gasteiger charge is 2.51. The predicted molar refractivity (Wildman–Crippen MR) is 148 cm³/mol. The van der Waals surface area contributed by atoms with Crippen LogP contribution < -0.4 is 4.74 Å². The van der Waals surface area contributed by atoms with Crippen LogP contribution in [0.2, 0.25) is 0 Å². The number of likely N-dealkylation sites (tertiary alicyclic amines) is 1. The summed E-state index contributed by atoms with van der Waals surface area (Å²) in [5.41, 5.74) is 2.30. The fraction of sp³-hybridized carbons (Fsp3) is 0.312. The molecule has 3 atom stereocenters. The van der Waals surface area contributed by atoms with Gasteiger partial charge in [0.1, 0.15) is 24.7 Å². The second-order valence-corrected chi connectivity index (χ2v) is 9.54. The average molecular weight is 544 g/mol. The number of amides is 1. The van der Waals surface area contributed by atoms with Gasteiger partial charge in [0.15, 0.2) is 5.78 Å². The van der Waals surface area contributed by atoms with Crippen LogP contribution in [0.25, 0.3) is 0 Å². The smallest absolute Gasteiger partial charge is 0.410 e. The standard InChI is InChI=1S/C32H33NO7/c1-2-38-31(36)29-27(16-18-34)28(21-33(29)32(37)40-22-24-12-7-4-8-13-24)30(35)25-14-9-15-26(20-25)39-19-17-23-10-5-3-6-11-23/h3-15,18,20,27-29H,2,16-17,19,21-22H2,1H3/t27-,28-,29-/m0/s1. The minimum atomic E-state index is -1.12. The summed E-state index contributed by atoms with van der Waals surface area (Å²) in [5, 5.41) is 0. The van der Waals surface area contributed by atoms with Crippen LogP contribution in [0.4, 0.5) is 4.79 Å². The van der Waals surface area contributed by atoms with Gasteiger partial charge in [-0.05, 0) is 30.2 Å². The zero-order valence-corrected chi connectivity index (χ0v) is 22.4. The van der Waals surface area contributed by atoms with E-state index in [9.17, 15) is 19.2 Å². The molecule has 40 heavy (non-hydrogen) atoms. The lowest BCUT2D eigenvalue weighted by molar-refractivity contribution is -0.149. The number of nitrogens with zero attached hydrogens (tertiary/aromatic N) is 1. The first kappa shape index (κ1) is 28.5. The second-order valence-electron chi connectivity index (χ2n) is 9.54. The van der Waals surface area contributed by atoms with Gasteiger partial charge in [-0.15, -0.1) is 0 Å². The maximum Gasteiger partial charge on any atom is 0.410 e. The molecule has 8 heteroatoms. The molecule has 3 aromatic carbocycles. The van der Waals surface area contributed by atoms with E-state index < -0.39 is 29.9 Å². The van der Waals surface area contributed by atoms with Gasteiger partial charge in [0.25, 0.3) is 0 Å². The second kappa shape index (κ2) is 14.1. The molecule has 0 radical (unpaired) electrons. The van der Waals surface area contributed by atoms with Crippen molar-refractivity contribution in [1.82, 2.24) is 4.90 Å². The zero-order valence-electron chi connectivity index (χ0n) is 22.4. The molecule has 1 amide bonds. The van der Waals surface area contributed by atoms with Crippen molar-refractivity contribution in [2.24, 2.45) is 11.8 Å². The molecule has 3 aromatic rings. The van der Waals surface area contributed by atoms with Gasteiger partial charge in [-0.3, -0.25) is 9.69 Å². The first-order valence-corrected chi connectivity index (χ1v) is 13.4. The van der Waals surface area contributed by atoms with Crippen LogP contribution in [0.15, 0.2) is 84.9 Å². The fourth-order valence-corrected chi connectivity index (χ4v) is 5.00. The third kappa shape index (κ3) is 7.14. The van der Waals surface area contributed by atoms with E-state index in [0.29, 0.717) is 30.6 Å². The van der Waals surface area contributed by atoms with Crippen molar-refractivity contribution in [3.8, 4) is 5.75 Å². The van der Waals surface area contributed by atoms with Gasteiger partial charge in [-0.25, -0.2) is 9.59 Å². The summed E-state index contributed by atoms with van der Waals surface area (Å²) in [5.74, 6) is -1.97. The summed E-state index contributed by atoms with van der Waals surface area (Å²) in [4.78, 5) is 52.8. The number of ether oxygens (including phenoxy) is 3. The molecule has 4 rings (SSSR count). The lowest BCUT2D eigenvalue weighted by Gasteiger charge is -2.25. The number of hydrogen-bond acceptors (Lipinski definition) is 7. The lowest BCUT2D eigenvalue weighted by atomic mass is 9.83. The Morgan fingerprint density at radius 2 is 1.60 bits per heavy atom. The van der Waals surface area contributed by atoms with Crippen LogP contribution in [0, 0.1) is 11.8 Å². The van der Waals surface area contributed by atoms with E-state index in [4.69, 9.17) is 14.2 Å². The van der Waals surface area contributed by atoms with E-state index in [1.807, 2.05) is 60.7 Å². The Balaban J connectivity index is 1.51. The van der Waals surface area contributed by atoms with Crippen LogP contribution in [-0.2, 0) is 32.1 Å². The normalized spacial score (nSPS) is 18.1. The molecule has 1 heterocycles. The third-order valence-corrected chi connectivity index (χ3v) is 6.95. The van der Waals surface area contributed by atoms with Gasteiger partial charge in [0.05, 0.1) is 13.2 Å². The maximum atomic E-state index is 13.8. The van der Waals surface area contributed by atoms with Gasteiger partial charge < -0.3 is 19.0 Å². The zero-order chi connectivity index (χ0) is 28.3. The number of Topliss-reactive ketones (excluding diaryl/α,β-unsaturated/α-hetero) is 1. The summed E-state index contributed by atoms with van der Waals surface area (Å²) < 4.78 is 16.6. The summed E-state index contributed by atoms with van der Waals surface area (Å²) in [6.45, 7) is 2.12. The number of rotatable bonds is 12. The van der Waals surface area contributed by atoms with Gasteiger partial charge >= 0.3 is 12.1 Å². The monoisotopic (exact) mass is 543 g/mol. The molecule has 1 fully saturated rings. The van der Waals surface area contributed by atoms with E-state index in [1.165, 1.54) is 4.90 Å². The quantitative estimate of drug-likeness (QED) is 0.182. The summed E-state index contributed by atoms with van der Waals surface area (Å²) in [6.07, 6.45) is 0.546. The number of esters is 1. The molecule has 208 valence electrons. The Hall–Kier alpha value is -4.46. The highest BCUT2D eigenvalue weighted by atomic mass is 16.6. The number of ketones is 1. The van der Waals surface area contributed by atoms with Crippen molar-refractivity contribution in [1.29, 1.82) is 0 Å². The molecule has 1 saturated heterocycles. The summed E-state index contributed by atoms with van der Waals surface area (Å²) in [6, 6.07) is 24.8. The molecule has 0 aromatic heterocycles. The van der Waals surface area contributed by atoms with Crippen LogP contribution in [0.1, 0.15) is 34.8 Å². The topological polar surface area (TPSA) is 99.2 Å². The van der Waals surface area contributed by atoms with Gasteiger partial charge in [0, 0.05) is 36.8 Å². The number of hydrogen-bond donors (Lipinski definition) is 0. The van der Waals surface area contributed by atoms with Crippen LogP contribution in [0.3, 0.4) is 0 Å². The summed E-state index contributed by atoms with van der Waals surface area (Å²) in [7, 11) is 0. The number of aldehydes is 1. The number of benzene rings is 3. The Bertz CT molecular complexity index is 1290. The van der Waals surface area contributed by atoms with Crippen molar-refractivity contribution in [3.63, 3.8) is 0 Å². The minimum absolute atomic E-state index is 0.00500. The molecule has 0 bridgehead atoms. The molecular weight excluding hydrogens is 510 g/mol. The van der Waals surface area contributed by atoms with Crippen molar-refractivity contribution in [3.05, 3.63) is 102 Å². The predicted octanol–water partition coefficient (Wildman–Crippen LogP) is 4.90. The van der Waals surface area contributed by atoms with Crippen molar-refractivity contribution >= 4 is 24.1 Å². The SMILES string of the molecule is CCOC(=O)[C@@H]1[C@@H](CC=O)[C@@H](C(=O)c2cccc(OCCc3ccccc3)c2)CN1C(=O)OCc1ccccc1. The molecule has 0 spiro atoms. The fourth-order valence-electron chi connectivity index (χ4n) is 5.00. The molecule has 0 N–H and O–H groups in total. The van der Waals surface area contributed by atoms with Gasteiger partial charge in [0.2, 0.25) is 0 Å². The van der Waals surface area contributed by atoms with E-state index in [1.54, 1.807) is 31.2 Å². The van der Waals surface area contributed by atoms with Crippen LogP contribution in [-0.4, -0.2) is 54.8 Å². The maximum absolute atomic E-state index is 13.8. The van der Waals surface area contributed by atoms with Crippen LogP contribution in [0.5, 0.6) is 5.75 Å².